The summed E-state index contributed by atoms with van der Waals surface area (Å²) in [5.74, 6) is 0. The Labute approximate surface area is 219 Å². The number of pyridine rings is 1. The number of aryl methyl sites for hydroxylation is 3. The van der Waals surface area contributed by atoms with Crippen molar-refractivity contribution >= 4 is 23.0 Å². The summed E-state index contributed by atoms with van der Waals surface area (Å²) in [7, 11) is 0. The molecule has 1 N–H and O–H groups in total. The van der Waals surface area contributed by atoms with E-state index in [0.717, 1.165) is 40.0 Å². The van der Waals surface area contributed by atoms with E-state index in [9.17, 15) is 13.2 Å². The second-order valence-electron chi connectivity index (χ2n) is 9.48. The Kier molecular flexibility index (Phi) is 6.31. The lowest BCUT2D eigenvalue weighted by Gasteiger charge is -2.28. The Balaban J connectivity index is 1.68. The normalized spacial score (nSPS) is 17.8. The molecule has 8 heteroatoms. The van der Waals surface area contributed by atoms with Gasteiger partial charge in [-0.15, -0.1) is 0 Å². The van der Waals surface area contributed by atoms with Crippen LogP contribution in [0.4, 0.5) is 18.9 Å². The number of thiocarbonyl (C=S) groups is 1. The second kappa shape index (κ2) is 9.34. The summed E-state index contributed by atoms with van der Waals surface area (Å²) < 4.78 is 42.3. The molecule has 1 aliphatic heterocycles. The van der Waals surface area contributed by atoms with E-state index in [-0.39, 0.29) is 12.1 Å². The van der Waals surface area contributed by atoms with Crippen LogP contribution in [0.5, 0.6) is 0 Å². The first-order chi connectivity index (χ1) is 17.6. The predicted octanol–water partition coefficient (Wildman–Crippen LogP) is 7.30. The van der Waals surface area contributed by atoms with Crippen LogP contribution in [0.15, 0.2) is 72.9 Å². The lowest BCUT2D eigenvalue weighted by Crippen LogP contribution is -2.29. The molecule has 4 nitrogen and oxygen atoms in total. The Morgan fingerprint density at radius 3 is 2.32 bits per heavy atom. The van der Waals surface area contributed by atoms with E-state index in [1.165, 1.54) is 17.7 Å². The summed E-state index contributed by atoms with van der Waals surface area (Å²) in [4.78, 5) is 6.70. The van der Waals surface area contributed by atoms with Gasteiger partial charge in [0.05, 0.1) is 23.3 Å². The topological polar surface area (TPSA) is 33.1 Å². The highest BCUT2D eigenvalue weighted by Crippen LogP contribution is 2.44. The van der Waals surface area contributed by atoms with E-state index in [1.54, 1.807) is 12.3 Å². The molecule has 0 radical (unpaired) electrons. The van der Waals surface area contributed by atoms with Gasteiger partial charge in [0.15, 0.2) is 5.11 Å². The summed E-state index contributed by atoms with van der Waals surface area (Å²) >= 11 is 5.84. The third kappa shape index (κ3) is 4.50. The van der Waals surface area contributed by atoms with Crippen molar-refractivity contribution in [1.29, 1.82) is 0 Å². The Morgan fingerprint density at radius 1 is 0.865 bits per heavy atom. The van der Waals surface area contributed by atoms with Gasteiger partial charge >= 0.3 is 6.18 Å². The maximum Gasteiger partial charge on any atom is 0.416 e. The summed E-state index contributed by atoms with van der Waals surface area (Å²) in [5, 5.41) is 4.04. The molecule has 1 saturated heterocycles. The molecule has 190 valence electrons. The maximum absolute atomic E-state index is 13.5. The summed E-state index contributed by atoms with van der Waals surface area (Å²) in [6, 6.07) is 19.0. The van der Waals surface area contributed by atoms with Crippen molar-refractivity contribution < 1.29 is 13.2 Å². The maximum atomic E-state index is 13.5. The fourth-order valence-electron chi connectivity index (χ4n) is 5.13. The summed E-state index contributed by atoms with van der Waals surface area (Å²) in [6.07, 6.45) is -2.67. The first-order valence-corrected chi connectivity index (χ1v) is 12.4. The van der Waals surface area contributed by atoms with Crippen molar-refractivity contribution in [1.82, 2.24) is 14.9 Å². The predicted molar refractivity (Wildman–Crippen MR) is 144 cm³/mol. The zero-order chi connectivity index (χ0) is 26.5. The molecule has 2 unspecified atom stereocenters. The SMILES string of the molecule is Cc1ccc(N2C(=S)NC(c3ccccn3)C2c2cc(C)n(-c3cccc(C(F)(F)F)c3)c2C)cc1C. The van der Waals surface area contributed by atoms with Gasteiger partial charge < -0.3 is 14.8 Å². The van der Waals surface area contributed by atoms with Gasteiger partial charge in [-0.25, -0.2) is 0 Å². The Hall–Kier alpha value is -3.65. The molecule has 2 aromatic heterocycles. The van der Waals surface area contributed by atoms with Crippen molar-refractivity contribution in [2.75, 3.05) is 4.90 Å². The fraction of sp³-hybridized carbons (Fsp3) is 0.241. The quantitative estimate of drug-likeness (QED) is 0.286. The van der Waals surface area contributed by atoms with Crippen LogP contribution >= 0.6 is 12.2 Å². The smallest absolute Gasteiger partial charge is 0.351 e. The van der Waals surface area contributed by atoms with Gasteiger partial charge in [-0.3, -0.25) is 4.98 Å². The van der Waals surface area contributed by atoms with Crippen molar-refractivity contribution in [3.63, 3.8) is 0 Å². The lowest BCUT2D eigenvalue weighted by atomic mass is 9.96. The number of halogens is 3. The van der Waals surface area contributed by atoms with Crippen molar-refractivity contribution in [3.05, 3.63) is 112 Å². The molecule has 4 aromatic rings. The molecule has 1 fully saturated rings. The molecular weight excluding hydrogens is 493 g/mol. The third-order valence-electron chi connectivity index (χ3n) is 7.09. The second-order valence-corrected chi connectivity index (χ2v) is 9.86. The fourth-order valence-corrected chi connectivity index (χ4v) is 5.48. The number of hydrogen-bond acceptors (Lipinski definition) is 2. The average Bonchev–Trinajstić information content (AvgIpc) is 3.36. The molecule has 0 bridgehead atoms. The van der Waals surface area contributed by atoms with Crippen LogP contribution in [0, 0.1) is 27.7 Å². The van der Waals surface area contributed by atoms with E-state index in [0.29, 0.717) is 10.8 Å². The number of alkyl halides is 3. The number of hydrogen-bond donors (Lipinski definition) is 1. The number of aromatic nitrogens is 2. The van der Waals surface area contributed by atoms with Crippen molar-refractivity contribution in [3.8, 4) is 5.69 Å². The molecule has 5 rings (SSSR count). The van der Waals surface area contributed by atoms with Crippen LogP contribution in [0.25, 0.3) is 5.69 Å². The molecule has 2 atom stereocenters. The standard InChI is InChI=1S/C29H27F3N4S/c1-17-11-12-23(14-18(17)2)36-27(26(34-28(36)37)25-10-5-6-13-33-25)24-15-19(3)35(20(24)4)22-9-7-8-21(16-22)29(30,31)32/h5-16,26-27H,1-4H3,(H,34,37). The van der Waals surface area contributed by atoms with E-state index in [1.807, 2.05) is 42.7 Å². The monoisotopic (exact) mass is 520 g/mol. The molecule has 0 aliphatic carbocycles. The van der Waals surface area contributed by atoms with Gasteiger partial charge in [-0.05, 0) is 105 Å². The van der Waals surface area contributed by atoms with E-state index in [2.05, 4.69) is 47.2 Å². The highest BCUT2D eigenvalue weighted by Gasteiger charge is 2.42. The van der Waals surface area contributed by atoms with Gasteiger partial charge in [0.25, 0.3) is 0 Å². The van der Waals surface area contributed by atoms with Gasteiger partial charge in [-0.2, -0.15) is 13.2 Å². The van der Waals surface area contributed by atoms with E-state index < -0.39 is 11.7 Å². The molecule has 0 amide bonds. The van der Waals surface area contributed by atoms with E-state index in [4.69, 9.17) is 12.2 Å². The van der Waals surface area contributed by atoms with Crippen molar-refractivity contribution in [2.24, 2.45) is 0 Å². The number of rotatable bonds is 4. The van der Waals surface area contributed by atoms with Crippen LogP contribution < -0.4 is 10.2 Å². The molecule has 37 heavy (non-hydrogen) atoms. The van der Waals surface area contributed by atoms with Crippen molar-refractivity contribution in [2.45, 2.75) is 46.0 Å². The number of anilines is 1. The summed E-state index contributed by atoms with van der Waals surface area (Å²) in [6.45, 7) is 7.98. The molecule has 0 saturated carbocycles. The van der Waals surface area contributed by atoms with Gasteiger partial charge in [0.1, 0.15) is 0 Å². The van der Waals surface area contributed by atoms with Crippen LogP contribution in [-0.4, -0.2) is 14.7 Å². The van der Waals surface area contributed by atoms with Crippen LogP contribution in [0.1, 0.15) is 51.4 Å². The van der Waals surface area contributed by atoms with E-state index >= 15 is 0 Å². The first-order valence-electron chi connectivity index (χ1n) is 12.0. The average molecular weight is 521 g/mol. The van der Waals surface area contributed by atoms with Crippen LogP contribution in [0.3, 0.4) is 0 Å². The Morgan fingerprint density at radius 2 is 1.65 bits per heavy atom. The number of nitrogens with one attached hydrogen (secondary N) is 1. The molecule has 1 aliphatic rings. The zero-order valence-electron chi connectivity index (χ0n) is 21.0. The van der Waals surface area contributed by atoms with Gasteiger partial charge in [0, 0.05) is 29.0 Å². The molecular formula is C29H27F3N4S. The largest absolute Gasteiger partial charge is 0.416 e. The molecule has 3 heterocycles. The van der Waals surface area contributed by atoms with Crippen LogP contribution in [0.2, 0.25) is 0 Å². The van der Waals surface area contributed by atoms with Gasteiger partial charge in [-0.1, -0.05) is 18.2 Å². The number of nitrogens with zero attached hydrogens (tertiary/aromatic N) is 3. The highest BCUT2D eigenvalue weighted by atomic mass is 32.1. The zero-order valence-corrected chi connectivity index (χ0v) is 21.8. The minimum Gasteiger partial charge on any atom is -0.351 e. The first kappa shape index (κ1) is 25.0. The third-order valence-corrected chi connectivity index (χ3v) is 7.40. The lowest BCUT2D eigenvalue weighted by molar-refractivity contribution is -0.137. The minimum atomic E-state index is -4.42. The minimum absolute atomic E-state index is 0.245. The molecule has 0 spiro atoms. The Bertz CT molecular complexity index is 1480. The highest BCUT2D eigenvalue weighted by molar-refractivity contribution is 7.80. The molecule has 2 aromatic carbocycles. The summed E-state index contributed by atoms with van der Waals surface area (Å²) in [5.41, 5.74) is 6.57. The van der Waals surface area contributed by atoms with Gasteiger partial charge in [0.2, 0.25) is 0 Å². The number of benzene rings is 2. The van der Waals surface area contributed by atoms with Crippen LogP contribution in [-0.2, 0) is 6.18 Å².